The maximum Gasteiger partial charge on any atom is 0.225 e. The number of ether oxygens (including phenoxy) is 1. The SMILES string of the molecule is N#Cc1cccc(-c2cnc(N3CCOC4CN(C#N)CC43)nc2)c1. The largest absolute Gasteiger partial charge is 0.372 e. The minimum atomic E-state index is 0.0176. The maximum absolute atomic E-state index is 9.12. The predicted molar refractivity (Wildman–Crippen MR) is 90.2 cm³/mol. The normalized spacial score (nSPS) is 22.2. The zero-order valence-electron chi connectivity index (χ0n) is 13.5. The summed E-state index contributed by atoms with van der Waals surface area (Å²) in [6, 6.07) is 9.62. The first-order valence-electron chi connectivity index (χ1n) is 8.14. The van der Waals surface area contributed by atoms with Crippen molar-refractivity contribution in [3.05, 3.63) is 42.2 Å². The molecule has 1 aromatic carbocycles. The van der Waals surface area contributed by atoms with E-state index in [2.05, 4.69) is 27.1 Å². The Morgan fingerprint density at radius 3 is 2.72 bits per heavy atom. The fraction of sp³-hybridized carbons (Fsp3) is 0.333. The number of nitriles is 2. The van der Waals surface area contributed by atoms with Crippen molar-refractivity contribution >= 4 is 5.95 Å². The molecule has 0 saturated carbocycles. The molecule has 2 unspecified atom stereocenters. The maximum atomic E-state index is 9.12. The van der Waals surface area contributed by atoms with E-state index in [4.69, 9.17) is 15.3 Å². The molecule has 124 valence electrons. The molecular weight excluding hydrogens is 316 g/mol. The Labute approximate surface area is 145 Å². The minimum absolute atomic E-state index is 0.0176. The topological polar surface area (TPSA) is 89.1 Å². The molecule has 2 fully saturated rings. The number of aromatic nitrogens is 2. The highest BCUT2D eigenvalue weighted by atomic mass is 16.5. The highest BCUT2D eigenvalue weighted by molar-refractivity contribution is 5.64. The monoisotopic (exact) mass is 332 g/mol. The molecule has 25 heavy (non-hydrogen) atoms. The van der Waals surface area contributed by atoms with Crippen molar-refractivity contribution in [1.29, 1.82) is 10.5 Å². The number of hydrogen-bond donors (Lipinski definition) is 0. The van der Waals surface area contributed by atoms with E-state index in [9.17, 15) is 0 Å². The first-order chi connectivity index (χ1) is 12.3. The number of anilines is 1. The minimum Gasteiger partial charge on any atom is -0.372 e. The van der Waals surface area contributed by atoms with Gasteiger partial charge in [0.25, 0.3) is 0 Å². The van der Waals surface area contributed by atoms with Gasteiger partial charge in [0.2, 0.25) is 5.95 Å². The summed E-state index contributed by atoms with van der Waals surface area (Å²) in [7, 11) is 0. The second kappa shape index (κ2) is 6.39. The van der Waals surface area contributed by atoms with E-state index in [1.54, 1.807) is 23.4 Å². The predicted octanol–water partition coefficient (Wildman–Crippen LogP) is 1.39. The second-order valence-electron chi connectivity index (χ2n) is 6.14. The van der Waals surface area contributed by atoms with E-state index >= 15 is 0 Å². The van der Waals surface area contributed by atoms with Crippen LogP contribution < -0.4 is 4.90 Å². The highest BCUT2D eigenvalue weighted by Crippen LogP contribution is 2.26. The number of hydrogen-bond acceptors (Lipinski definition) is 7. The summed E-state index contributed by atoms with van der Waals surface area (Å²) in [5, 5.41) is 18.1. The van der Waals surface area contributed by atoms with E-state index in [1.807, 2.05) is 18.2 Å². The molecule has 0 bridgehead atoms. The van der Waals surface area contributed by atoms with Gasteiger partial charge in [-0.1, -0.05) is 12.1 Å². The van der Waals surface area contributed by atoms with Crippen molar-refractivity contribution in [3.8, 4) is 23.4 Å². The van der Waals surface area contributed by atoms with Crippen LogP contribution in [-0.4, -0.2) is 53.3 Å². The van der Waals surface area contributed by atoms with Crippen molar-refractivity contribution in [2.45, 2.75) is 12.1 Å². The van der Waals surface area contributed by atoms with Crippen molar-refractivity contribution in [2.75, 3.05) is 31.1 Å². The first-order valence-corrected chi connectivity index (χ1v) is 8.14. The average Bonchev–Trinajstić information content (AvgIpc) is 3.11. The molecule has 3 heterocycles. The standard InChI is InChI=1S/C18H16N6O/c19-7-13-2-1-3-14(6-13)15-8-21-18(22-9-15)24-4-5-25-17-11-23(12-20)10-16(17)24/h1-3,6,8-9,16-17H,4-5,10-11H2. The van der Waals surface area contributed by atoms with Crippen LogP contribution in [0.4, 0.5) is 5.95 Å². The van der Waals surface area contributed by atoms with Crippen LogP contribution in [0.5, 0.6) is 0 Å². The molecule has 4 rings (SSSR count). The molecule has 0 spiro atoms. The van der Waals surface area contributed by atoms with Gasteiger partial charge >= 0.3 is 0 Å². The number of nitrogens with zero attached hydrogens (tertiary/aromatic N) is 6. The lowest BCUT2D eigenvalue weighted by Gasteiger charge is -2.36. The van der Waals surface area contributed by atoms with Crippen molar-refractivity contribution < 1.29 is 4.74 Å². The smallest absolute Gasteiger partial charge is 0.225 e. The Morgan fingerprint density at radius 1 is 1.12 bits per heavy atom. The van der Waals surface area contributed by atoms with Crippen LogP contribution in [0.3, 0.4) is 0 Å². The van der Waals surface area contributed by atoms with Crippen molar-refractivity contribution in [2.24, 2.45) is 0 Å². The molecule has 2 aromatic rings. The van der Waals surface area contributed by atoms with Crippen LogP contribution in [0, 0.1) is 22.8 Å². The third-order valence-electron chi connectivity index (χ3n) is 4.66. The summed E-state index contributed by atoms with van der Waals surface area (Å²) in [6.45, 7) is 2.58. The van der Waals surface area contributed by atoms with E-state index < -0.39 is 0 Å². The van der Waals surface area contributed by atoms with Gasteiger partial charge in [0.05, 0.1) is 43.5 Å². The van der Waals surface area contributed by atoms with Gasteiger partial charge in [0.15, 0.2) is 6.19 Å². The van der Waals surface area contributed by atoms with E-state index in [0.29, 0.717) is 37.8 Å². The molecule has 0 N–H and O–H groups in total. The van der Waals surface area contributed by atoms with Crippen molar-refractivity contribution in [3.63, 3.8) is 0 Å². The van der Waals surface area contributed by atoms with Gasteiger partial charge in [0.1, 0.15) is 0 Å². The first kappa shape index (κ1) is 15.4. The Hall–Kier alpha value is -3.16. The van der Waals surface area contributed by atoms with Crippen molar-refractivity contribution in [1.82, 2.24) is 14.9 Å². The molecule has 2 saturated heterocycles. The lowest BCUT2D eigenvalue weighted by Crippen LogP contribution is -2.51. The van der Waals surface area contributed by atoms with Crippen LogP contribution >= 0.6 is 0 Å². The molecule has 2 atom stereocenters. The summed E-state index contributed by atoms with van der Waals surface area (Å²) in [5.41, 5.74) is 2.40. The lowest BCUT2D eigenvalue weighted by molar-refractivity contribution is 0.0319. The second-order valence-corrected chi connectivity index (χ2v) is 6.14. The Morgan fingerprint density at radius 2 is 1.96 bits per heavy atom. The van der Waals surface area contributed by atoms with Crippen LogP contribution in [0.25, 0.3) is 11.1 Å². The van der Waals surface area contributed by atoms with Gasteiger partial charge in [-0.05, 0) is 17.7 Å². The summed E-state index contributed by atoms with van der Waals surface area (Å²) in [6.07, 6.45) is 5.77. The van der Waals surface area contributed by atoms with Gasteiger partial charge in [-0.25, -0.2) is 9.97 Å². The van der Waals surface area contributed by atoms with Gasteiger partial charge in [-0.15, -0.1) is 0 Å². The van der Waals surface area contributed by atoms with Crippen LogP contribution in [0.15, 0.2) is 36.7 Å². The summed E-state index contributed by atoms with van der Waals surface area (Å²) >= 11 is 0. The number of rotatable bonds is 2. The van der Waals surface area contributed by atoms with E-state index in [0.717, 1.165) is 11.1 Å². The molecule has 0 amide bonds. The van der Waals surface area contributed by atoms with Crippen LogP contribution in [0.2, 0.25) is 0 Å². The molecular formula is C18H16N6O. The number of fused-ring (bicyclic) bond motifs is 1. The fourth-order valence-electron chi connectivity index (χ4n) is 3.40. The zero-order chi connectivity index (χ0) is 17.2. The molecule has 7 nitrogen and oxygen atoms in total. The number of benzene rings is 1. The summed E-state index contributed by atoms with van der Waals surface area (Å²) in [5.74, 6) is 0.651. The third-order valence-corrected chi connectivity index (χ3v) is 4.66. The molecule has 0 aliphatic carbocycles. The van der Waals surface area contributed by atoms with Gasteiger partial charge in [-0.3, -0.25) is 0 Å². The molecule has 0 radical (unpaired) electrons. The van der Waals surface area contributed by atoms with E-state index in [1.165, 1.54) is 0 Å². The molecule has 2 aliphatic rings. The third kappa shape index (κ3) is 2.86. The number of likely N-dealkylation sites (tertiary alicyclic amines) is 1. The fourth-order valence-corrected chi connectivity index (χ4v) is 3.40. The number of morpholine rings is 1. The molecule has 7 heteroatoms. The van der Waals surface area contributed by atoms with E-state index in [-0.39, 0.29) is 12.1 Å². The lowest BCUT2D eigenvalue weighted by atomic mass is 10.1. The van der Waals surface area contributed by atoms with Gasteiger partial charge < -0.3 is 14.5 Å². The van der Waals surface area contributed by atoms with Gasteiger partial charge in [0, 0.05) is 24.5 Å². The quantitative estimate of drug-likeness (QED) is 0.768. The zero-order valence-corrected chi connectivity index (χ0v) is 13.5. The molecule has 1 aromatic heterocycles. The summed E-state index contributed by atoms with van der Waals surface area (Å²) < 4.78 is 5.78. The summed E-state index contributed by atoms with van der Waals surface area (Å²) in [4.78, 5) is 12.9. The average molecular weight is 332 g/mol. The Kier molecular flexibility index (Phi) is 3.93. The van der Waals surface area contributed by atoms with Crippen LogP contribution in [0.1, 0.15) is 5.56 Å². The van der Waals surface area contributed by atoms with Crippen LogP contribution in [-0.2, 0) is 4.74 Å². The molecule has 2 aliphatic heterocycles. The highest BCUT2D eigenvalue weighted by Gasteiger charge is 2.41. The van der Waals surface area contributed by atoms with Gasteiger partial charge in [-0.2, -0.15) is 10.5 Å². The Bertz CT molecular complexity index is 853. The Balaban J connectivity index is 1.58.